The van der Waals surface area contributed by atoms with Gasteiger partial charge in [-0.25, -0.2) is 13.6 Å². The second kappa shape index (κ2) is 5.32. The fourth-order valence-corrected chi connectivity index (χ4v) is 2.34. The van der Waals surface area contributed by atoms with Gasteiger partial charge in [-0.05, 0) is 29.8 Å². The molecule has 8 heteroatoms. The van der Waals surface area contributed by atoms with Gasteiger partial charge in [0.25, 0.3) is 5.69 Å². The van der Waals surface area contributed by atoms with Gasteiger partial charge in [-0.1, -0.05) is 12.1 Å². The third kappa shape index (κ3) is 3.05. The van der Waals surface area contributed by atoms with Crippen molar-refractivity contribution < 1.29 is 13.3 Å². The van der Waals surface area contributed by atoms with Crippen LogP contribution in [0.25, 0.3) is 11.1 Å². The van der Waals surface area contributed by atoms with E-state index < -0.39 is 14.9 Å². The van der Waals surface area contributed by atoms with Crippen molar-refractivity contribution in [3.8, 4) is 17.2 Å². The highest BCUT2D eigenvalue weighted by atomic mass is 32.2. The molecule has 21 heavy (non-hydrogen) atoms. The van der Waals surface area contributed by atoms with E-state index in [1.807, 2.05) is 6.07 Å². The standard InChI is InChI=1S/C13H9N3O4S/c14-8-9-1-3-10(4-2-9)12-6-5-11(21(15,19)20)7-13(12)16(17)18/h1-7H,(H2,15,19,20). The maximum atomic E-state index is 11.3. The monoisotopic (exact) mass is 303 g/mol. The first kappa shape index (κ1) is 14.6. The molecule has 0 saturated carbocycles. The largest absolute Gasteiger partial charge is 0.278 e. The topological polar surface area (TPSA) is 127 Å². The highest BCUT2D eigenvalue weighted by molar-refractivity contribution is 7.89. The second-order valence-corrected chi connectivity index (χ2v) is 5.73. The maximum absolute atomic E-state index is 11.3. The van der Waals surface area contributed by atoms with Gasteiger partial charge < -0.3 is 0 Å². The van der Waals surface area contributed by atoms with Gasteiger partial charge >= 0.3 is 0 Å². The summed E-state index contributed by atoms with van der Waals surface area (Å²) in [7, 11) is -4.02. The van der Waals surface area contributed by atoms with Crippen molar-refractivity contribution >= 4 is 15.7 Å². The fraction of sp³-hybridized carbons (Fsp3) is 0. The lowest BCUT2D eigenvalue weighted by Crippen LogP contribution is -2.12. The molecule has 2 N–H and O–H groups in total. The smallest absolute Gasteiger partial charge is 0.258 e. The first-order chi connectivity index (χ1) is 9.82. The molecule has 0 aliphatic heterocycles. The molecule has 0 heterocycles. The summed E-state index contributed by atoms with van der Waals surface area (Å²) in [5, 5.41) is 24.8. The number of rotatable bonds is 3. The molecule has 7 nitrogen and oxygen atoms in total. The van der Waals surface area contributed by atoms with Crippen LogP contribution in [0.4, 0.5) is 5.69 Å². The van der Waals surface area contributed by atoms with Gasteiger partial charge in [0.2, 0.25) is 10.0 Å². The number of nitro benzene ring substituents is 1. The third-order valence-electron chi connectivity index (χ3n) is 2.82. The zero-order valence-corrected chi connectivity index (χ0v) is 11.4. The van der Waals surface area contributed by atoms with Crippen molar-refractivity contribution in [2.75, 3.05) is 0 Å². The number of hydrogen-bond acceptors (Lipinski definition) is 5. The molecule has 0 atom stereocenters. The Balaban J connectivity index is 2.63. The van der Waals surface area contributed by atoms with Crippen LogP contribution in [0, 0.1) is 21.4 Å². The van der Waals surface area contributed by atoms with Crippen LogP contribution in [0.5, 0.6) is 0 Å². The Bertz CT molecular complexity index is 852. The quantitative estimate of drug-likeness (QED) is 0.682. The van der Waals surface area contributed by atoms with Gasteiger partial charge in [-0.15, -0.1) is 0 Å². The molecular formula is C13H9N3O4S. The van der Waals surface area contributed by atoms with E-state index in [1.165, 1.54) is 24.3 Å². The van der Waals surface area contributed by atoms with E-state index in [4.69, 9.17) is 10.4 Å². The predicted molar refractivity (Wildman–Crippen MR) is 74.6 cm³/mol. The molecule has 0 aliphatic carbocycles. The van der Waals surface area contributed by atoms with E-state index in [2.05, 4.69) is 0 Å². The van der Waals surface area contributed by atoms with Crippen LogP contribution in [0.15, 0.2) is 47.4 Å². The molecule has 0 bridgehead atoms. The lowest BCUT2D eigenvalue weighted by atomic mass is 10.0. The number of primary sulfonamides is 1. The minimum Gasteiger partial charge on any atom is -0.258 e. The summed E-state index contributed by atoms with van der Waals surface area (Å²) in [5.41, 5.74) is 0.798. The Morgan fingerprint density at radius 1 is 1.14 bits per heavy atom. The van der Waals surface area contributed by atoms with Crippen molar-refractivity contribution in [3.05, 3.63) is 58.1 Å². The predicted octanol–water partition coefficient (Wildman–Crippen LogP) is 1.78. The van der Waals surface area contributed by atoms with E-state index in [-0.39, 0.29) is 16.1 Å². The zero-order chi connectivity index (χ0) is 15.6. The molecule has 2 aromatic rings. The first-order valence-electron chi connectivity index (χ1n) is 5.64. The number of nitriles is 1. The van der Waals surface area contributed by atoms with Crippen LogP contribution < -0.4 is 5.14 Å². The van der Waals surface area contributed by atoms with Gasteiger partial charge in [0.1, 0.15) is 0 Å². The normalized spacial score (nSPS) is 10.9. The highest BCUT2D eigenvalue weighted by Gasteiger charge is 2.19. The Hall–Kier alpha value is -2.76. The molecule has 0 fully saturated rings. The van der Waals surface area contributed by atoms with E-state index in [0.717, 1.165) is 6.07 Å². The van der Waals surface area contributed by atoms with Crippen molar-refractivity contribution in [1.29, 1.82) is 5.26 Å². The van der Waals surface area contributed by atoms with Crippen LogP contribution in [0.2, 0.25) is 0 Å². The molecule has 0 radical (unpaired) electrons. The van der Waals surface area contributed by atoms with Crippen LogP contribution in [-0.2, 0) is 10.0 Å². The molecule has 0 aromatic heterocycles. The first-order valence-corrected chi connectivity index (χ1v) is 7.19. The van der Waals surface area contributed by atoms with E-state index in [0.29, 0.717) is 11.1 Å². The third-order valence-corrected chi connectivity index (χ3v) is 3.73. The molecule has 0 amide bonds. The summed E-state index contributed by atoms with van der Waals surface area (Å²) in [5.74, 6) is 0. The van der Waals surface area contributed by atoms with Crippen molar-refractivity contribution in [1.82, 2.24) is 0 Å². The van der Waals surface area contributed by atoms with Crippen molar-refractivity contribution in [2.24, 2.45) is 5.14 Å². The minimum atomic E-state index is -4.02. The highest BCUT2D eigenvalue weighted by Crippen LogP contribution is 2.31. The van der Waals surface area contributed by atoms with E-state index in [1.54, 1.807) is 12.1 Å². The maximum Gasteiger partial charge on any atom is 0.278 e. The average molecular weight is 303 g/mol. The minimum absolute atomic E-state index is 0.247. The molecule has 0 saturated heterocycles. The summed E-state index contributed by atoms with van der Waals surface area (Å²) < 4.78 is 22.5. The van der Waals surface area contributed by atoms with Gasteiger partial charge in [0, 0.05) is 6.07 Å². The number of nitro groups is 1. The Morgan fingerprint density at radius 3 is 2.24 bits per heavy atom. The molecular weight excluding hydrogens is 294 g/mol. The number of hydrogen-bond donors (Lipinski definition) is 1. The van der Waals surface area contributed by atoms with Crippen LogP contribution in [0.1, 0.15) is 5.56 Å². The van der Waals surface area contributed by atoms with Gasteiger partial charge in [0.15, 0.2) is 0 Å². The summed E-state index contributed by atoms with van der Waals surface area (Å²) in [6, 6.07) is 11.5. The summed E-state index contributed by atoms with van der Waals surface area (Å²) in [4.78, 5) is 10.1. The molecule has 0 unspecified atom stereocenters. The average Bonchev–Trinajstić information content (AvgIpc) is 2.45. The Labute approximate surface area is 120 Å². The molecule has 2 rings (SSSR count). The fourth-order valence-electron chi connectivity index (χ4n) is 1.81. The molecule has 0 aliphatic rings. The Kier molecular flexibility index (Phi) is 3.71. The summed E-state index contributed by atoms with van der Waals surface area (Å²) >= 11 is 0. The van der Waals surface area contributed by atoms with Gasteiger partial charge in [0.05, 0.1) is 27.0 Å². The molecule has 2 aromatic carbocycles. The molecule has 0 spiro atoms. The van der Waals surface area contributed by atoms with E-state index in [9.17, 15) is 18.5 Å². The Morgan fingerprint density at radius 2 is 1.76 bits per heavy atom. The lowest BCUT2D eigenvalue weighted by Gasteiger charge is -2.05. The number of benzene rings is 2. The molecule has 106 valence electrons. The summed E-state index contributed by atoms with van der Waals surface area (Å²) in [6.45, 7) is 0. The van der Waals surface area contributed by atoms with Crippen molar-refractivity contribution in [3.63, 3.8) is 0 Å². The lowest BCUT2D eigenvalue weighted by molar-refractivity contribution is -0.384. The zero-order valence-electron chi connectivity index (χ0n) is 10.6. The number of nitrogens with two attached hydrogens (primary N) is 1. The van der Waals surface area contributed by atoms with Crippen molar-refractivity contribution in [2.45, 2.75) is 4.90 Å². The van der Waals surface area contributed by atoms with E-state index >= 15 is 0 Å². The van der Waals surface area contributed by atoms with Crippen LogP contribution in [-0.4, -0.2) is 13.3 Å². The SMILES string of the molecule is N#Cc1ccc(-c2ccc(S(N)(=O)=O)cc2[N+](=O)[O-])cc1. The van der Waals surface area contributed by atoms with Crippen LogP contribution >= 0.6 is 0 Å². The van der Waals surface area contributed by atoms with Gasteiger partial charge in [-0.2, -0.15) is 5.26 Å². The number of sulfonamides is 1. The van der Waals surface area contributed by atoms with Crippen LogP contribution in [0.3, 0.4) is 0 Å². The van der Waals surface area contributed by atoms with Gasteiger partial charge in [-0.3, -0.25) is 10.1 Å². The number of nitrogens with zero attached hydrogens (tertiary/aromatic N) is 2. The summed E-state index contributed by atoms with van der Waals surface area (Å²) in [6.07, 6.45) is 0. The second-order valence-electron chi connectivity index (χ2n) is 4.17.